The van der Waals surface area contributed by atoms with Crippen LogP contribution in [0.3, 0.4) is 0 Å². The van der Waals surface area contributed by atoms with E-state index in [9.17, 15) is 0 Å². The van der Waals surface area contributed by atoms with E-state index in [0.717, 1.165) is 11.0 Å². The number of H-pyrrole nitrogens is 1. The lowest BCUT2D eigenvalue weighted by Gasteiger charge is -1.82. The van der Waals surface area contributed by atoms with E-state index in [1.807, 2.05) is 24.3 Å². The van der Waals surface area contributed by atoms with Gasteiger partial charge in [-0.25, -0.2) is 0 Å². The van der Waals surface area contributed by atoms with Gasteiger partial charge in [0, 0.05) is 0 Å². The minimum Gasteiger partial charge on any atom is -0.435 e. The Kier molecular flexibility index (Phi) is 5.32. The minimum absolute atomic E-state index is 0.0247. The predicted octanol–water partition coefficient (Wildman–Crippen LogP) is -0.321. The Labute approximate surface area is 90.3 Å². The van der Waals surface area contributed by atoms with Crippen molar-refractivity contribution < 1.29 is 8.23 Å². The summed E-state index contributed by atoms with van der Waals surface area (Å²) in [5.74, 6) is 0. The van der Waals surface area contributed by atoms with E-state index in [1.54, 1.807) is 0 Å². The second kappa shape index (κ2) is 6.62. The lowest BCUT2D eigenvalue weighted by molar-refractivity contribution is 0.513. The number of aromatic nitrogens is 3. The molecule has 68 valence electrons. The van der Waals surface area contributed by atoms with Gasteiger partial charge in [0.1, 0.15) is 11.0 Å². The summed E-state index contributed by atoms with van der Waals surface area (Å²) in [7, 11) is 5.44. The van der Waals surface area contributed by atoms with E-state index in [1.165, 1.54) is 0 Å². The van der Waals surface area contributed by atoms with Crippen molar-refractivity contribution in [2.45, 2.75) is 0 Å². The smallest absolute Gasteiger partial charge is 0.409 e. The first-order valence-electron chi connectivity index (χ1n) is 3.54. The fraction of sp³-hybridized carbons (Fsp3) is 0. The molecule has 8 radical (unpaired) electrons. The van der Waals surface area contributed by atoms with Crippen molar-refractivity contribution in [1.82, 2.24) is 15.4 Å². The lowest BCUT2D eigenvalue weighted by atomic mass is 10.3. The molecule has 14 heavy (non-hydrogen) atoms. The topological polar surface area (TPSA) is 60.0 Å². The summed E-state index contributed by atoms with van der Waals surface area (Å²) in [4.78, 5) is 0. The van der Waals surface area contributed by atoms with Gasteiger partial charge in [-0.3, -0.25) is 0 Å². The van der Waals surface area contributed by atoms with E-state index in [-0.39, 0.29) is 10.0 Å². The van der Waals surface area contributed by atoms with Crippen LogP contribution in [0.25, 0.3) is 11.0 Å². The SMILES string of the molecule is [Si]O[Si]O[Si].c1ccc2n[nH]nc2c1. The molecule has 2 aromatic rings. The summed E-state index contributed by atoms with van der Waals surface area (Å²) in [5, 5.41) is 10.3. The van der Waals surface area contributed by atoms with Gasteiger partial charge in [0.25, 0.3) is 0 Å². The van der Waals surface area contributed by atoms with Crippen LogP contribution in [0.15, 0.2) is 24.3 Å². The molecule has 0 bridgehead atoms. The molecule has 0 saturated heterocycles. The zero-order chi connectivity index (χ0) is 10.2. The van der Waals surface area contributed by atoms with Crippen LogP contribution in [0.1, 0.15) is 0 Å². The van der Waals surface area contributed by atoms with E-state index < -0.39 is 0 Å². The fourth-order valence-corrected chi connectivity index (χ4v) is 1.35. The van der Waals surface area contributed by atoms with Gasteiger partial charge in [-0.1, -0.05) is 12.1 Å². The van der Waals surface area contributed by atoms with Gasteiger partial charge in [-0.05, 0) is 12.1 Å². The Hall–Kier alpha value is -0.809. The van der Waals surface area contributed by atoms with E-state index in [4.69, 9.17) is 0 Å². The molecule has 0 aliphatic carbocycles. The molecular weight excluding hydrogens is 230 g/mol. The second-order valence-electron chi connectivity index (χ2n) is 2.10. The van der Waals surface area contributed by atoms with Crippen molar-refractivity contribution in [1.29, 1.82) is 0 Å². The van der Waals surface area contributed by atoms with Crippen LogP contribution >= 0.6 is 0 Å². The first kappa shape index (κ1) is 11.3. The van der Waals surface area contributed by atoms with Gasteiger partial charge >= 0.3 is 10.0 Å². The van der Waals surface area contributed by atoms with Gasteiger partial charge in [0.05, 0.1) is 0 Å². The molecule has 1 N–H and O–H groups in total. The Morgan fingerprint density at radius 3 is 1.93 bits per heavy atom. The molecule has 0 saturated carbocycles. The number of para-hydroxylation sites is 2. The molecule has 0 aliphatic rings. The summed E-state index contributed by atoms with van der Waals surface area (Å²) in [5.41, 5.74) is 1.83. The predicted molar refractivity (Wildman–Crippen MR) is 53.3 cm³/mol. The average molecular weight is 235 g/mol. The highest BCUT2D eigenvalue weighted by Crippen LogP contribution is 2.03. The maximum absolute atomic E-state index is 4.25. The number of hydrogen-bond donors (Lipinski definition) is 1. The number of nitrogens with one attached hydrogen (secondary N) is 1. The molecule has 0 aliphatic heterocycles. The van der Waals surface area contributed by atoms with E-state index in [2.05, 4.69) is 44.6 Å². The third-order valence-electron chi connectivity index (χ3n) is 1.31. The molecule has 1 aromatic heterocycles. The largest absolute Gasteiger partial charge is 0.435 e. The molecule has 8 heteroatoms. The highest BCUT2D eigenvalue weighted by molar-refractivity contribution is 6.33. The summed E-state index contributed by atoms with van der Waals surface area (Å²) < 4.78 is 8.51. The summed E-state index contributed by atoms with van der Waals surface area (Å²) in [6.07, 6.45) is 0. The molecule has 0 unspecified atom stereocenters. The third-order valence-corrected chi connectivity index (χ3v) is 1.97. The molecule has 1 heterocycles. The zero-order valence-corrected chi connectivity index (χ0v) is 10.0. The Balaban J connectivity index is 0.000000171. The maximum atomic E-state index is 4.25. The second-order valence-corrected chi connectivity index (χ2v) is 3.90. The molecular formula is C6H5N3O2Si3. The van der Waals surface area contributed by atoms with Gasteiger partial charge < -0.3 is 8.23 Å². The Morgan fingerprint density at radius 1 is 1.07 bits per heavy atom. The lowest BCUT2D eigenvalue weighted by Crippen LogP contribution is -1.96. The quantitative estimate of drug-likeness (QED) is 0.725. The number of benzene rings is 1. The molecule has 0 amide bonds. The highest BCUT2D eigenvalue weighted by Gasteiger charge is 1.90. The number of aromatic amines is 1. The van der Waals surface area contributed by atoms with Crippen LogP contribution in [-0.2, 0) is 8.23 Å². The minimum atomic E-state index is 0.0247. The number of fused-ring (bicyclic) bond motifs is 1. The van der Waals surface area contributed by atoms with Crippen molar-refractivity contribution >= 4 is 42.0 Å². The first-order chi connectivity index (χ1) is 6.88. The van der Waals surface area contributed by atoms with Crippen LogP contribution in [0, 0.1) is 0 Å². The molecule has 1 aromatic carbocycles. The molecule has 2 rings (SSSR count). The Bertz CT molecular complexity index is 338. The van der Waals surface area contributed by atoms with Crippen molar-refractivity contribution in [3.05, 3.63) is 24.3 Å². The van der Waals surface area contributed by atoms with Crippen LogP contribution in [-0.4, -0.2) is 46.4 Å². The number of hydrogen-bond acceptors (Lipinski definition) is 4. The highest BCUT2D eigenvalue weighted by atomic mass is 28.3. The summed E-state index contributed by atoms with van der Waals surface area (Å²) in [6.45, 7) is 0. The number of nitrogens with zero attached hydrogens (tertiary/aromatic N) is 2. The molecule has 0 fully saturated rings. The van der Waals surface area contributed by atoms with E-state index in [0.29, 0.717) is 0 Å². The van der Waals surface area contributed by atoms with Gasteiger partial charge in [0.2, 0.25) is 21.0 Å². The van der Waals surface area contributed by atoms with Crippen molar-refractivity contribution in [2.75, 3.05) is 0 Å². The van der Waals surface area contributed by atoms with Crippen molar-refractivity contribution in [3.63, 3.8) is 0 Å². The molecule has 0 atom stereocenters. The van der Waals surface area contributed by atoms with Crippen molar-refractivity contribution in [3.8, 4) is 0 Å². The fourth-order valence-electron chi connectivity index (χ4n) is 0.807. The standard InChI is InChI=1S/C6H5N3.O2Si3/c1-2-4-6-5(3-1)7-9-8-6;3-1-5-2-4/h1-4H,(H,7,8,9);. The van der Waals surface area contributed by atoms with Crippen LogP contribution in [0.4, 0.5) is 0 Å². The number of rotatable bonds is 2. The van der Waals surface area contributed by atoms with E-state index >= 15 is 0 Å². The monoisotopic (exact) mass is 235 g/mol. The van der Waals surface area contributed by atoms with Gasteiger partial charge in [-0.2, -0.15) is 15.4 Å². The average Bonchev–Trinajstić information content (AvgIpc) is 2.67. The Morgan fingerprint density at radius 2 is 1.57 bits per heavy atom. The summed E-state index contributed by atoms with van der Waals surface area (Å²) >= 11 is 0. The zero-order valence-electron chi connectivity index (χ0n) is 7.02. The molecule has 0 spiro atoms. The van der Waals surface area contributed by atoms with Gasteiger partial charge in [-0.15, -0.1) is 0 Å². The van der Waals surface area contributed by atoms with Crippen molar-refractivity contribution in [2.24, 2.45) is 0 Å². The summed E-state index contributed by atoms with van der Waals surface area (Å²) in [6, 6.07) is 7.70. The van der Waals surface area contributed by atoms with Crippen LogP contribution in [0.2, 0.25) is 0 Å². The normalized spacial score (nSPS) is 9.57. The van der Waals surface area contributed by atoms with Crippen LogP contribution in [0.5, 0.6) is 0 Å². The van der Waals surface area contributed by atoms with Gasteiger partial charge in [0.15, 0.2) is 0 Å². The molecule has 5 nitrogen and oxygen atoms in total. The van der Waals surface area contributed by atoms with Crippen LogP contribution < -0.4 is 0 Å². The first-order valence-corrected chi connectivity index (χ1v) is 5.17. The third kappa shape index (κ3) is 3.51. The maximum Gasteiger partial charge on any atom is 0.409 e.